The molecular weight excluding hydrogens is 463 g/mol. The number of pyridine rings is 1. The van der Waals surface area contributed by atoms with Gasteiger partial charge < -0.3 is 24.5 Å². The van der Waals surface area contributed by atoms with Gasteiger partial charge in [0.25, 0.3) is 0 Å². The molecule has 0 saturated carbocycles. The van der Waals surface area contributed by atoms with Crippen LogP contribution in [0.1, 0.15) is 13.2 Å². The lowest BCUT2D eigenvalue weighted by Crippen LogP contribution is -2.32. The maximum absolute atomic E-state index is 15.1. The molecule has 4 aromatic rings. The Bertz CT molecular complexity index is 1370. The molecule has 1 aliphatic heterocycles. The van der Waals surface area contributed by atoms with E-state index in [1.165, 1.54) is 17.1 Å². The van der Waals surface area contributed by atoms with E-state index in [4.69, 9.17) is 21.1 Å². The predicted molar refractivity (Wildman–Crippen MR) is 128 cm³/mol. The highest BCUT2D eigenvalue weighted by atomic mass is 35.5. The summed E-state index contributed by atoms with van der Waals surface area (Å²) >= 11 is 6.32. The molecule has 4 heterocycles. The van der Waals surface area contributed by atoms with Crippen LogP contribution in [0.15, 0.2) is 47.8 Å². The summed E-state index contributed by atoms with van der Waals surface area (Å²) < 4.78 is 28.2. The lowest BCUT2D eigenvalue weighted by Gasteiger charge is -2.16. The zero-order valence-corrected chi connectivity index (χ0v) is 19.0. The third-order valence-corrected chi connectivity index (χ3v) is 5.98. The van der Waals surface area contributed by atoms with Gasteiger partial charge >= 0.3 is 0 Å². The summed E-state index contributed by atoms with van der Waals surface area (Å²) in [6, 6.07) is 9.35. The monoisotopic (exact) mass is 484 g/mol. The van der Waals surface area contributed by atoms with E-state index in [-0.39, 0.29) is 17.4 Å². The van der Waals surface area contributed by atoms with Gasteiger partial charge in [-0.1, -0.05) is 11.6 Å². The molecule has 5 rings (SSSR count). The third-order valence-electron chi connectivity index (χ3n) is 5.70. The highest BCUT2D eigenvalue weighted by Crippen LogP contribution is 2.38. The molecule has 0 aliphatic carbocycles. The average Bonchev–Trinajstić information content (AvgIpc) is 3.33. The van der Waals surface area contributed by atoms with Crippen molar-refractivity contribution in [1.82, 2.24) is 19.5 Å². The van der Waals surface area contributed by atoms with Crippen LogP contribution in [-0.2, 0) is 4.74 Å². The third kappa shape index (κ3) is 3.93. The van der Waals surface area contributed by atoms with E-state index in [0.717, 1.165) is 23.3 Å². The number of aliphatic imine (C=N–C) groups is 1. The number of aromatic nitrogens is 4. The number of halogens is 2. The summed E-state index contributed by atoms with van der Waals surface area (Å²) in [5.41, 5.74) is 1.09. The fourth-order valence-electron chi connectivity index (χ4n) is 4.05. The number of nitrogens with zero attached hydrogens (tertiary/aromatic N) is 5. The molecule has 0 amide bonds. The lowest BCUT2D eigenvalue weighted by molar-refractivity contribution is -0.0410. The number of nitrogens with one attached hydrogen (secondary N) is 1. The number of ether oxygens (including phenoxy) is 2. The van der Waals surface area contributed by atoms with Crippen molar-refractivity contribution < 1.29 is 19.0 Å². The minimum Gasteiger partial charge on any atom is -0.491 e. The molecule has 0 spiro atoms. The minimum atomic E-state index is -1.73. The van der Waals surface area contributed by atoms with Crippen LogP contribution in [-0.4, -0.2) is 62.9 Å². The molecule has 11 heteroatoms. The molecule has 1 saturated heterocycles. The van der Waals surface area contributed by atoms with E-state index in [2.05, 4.69) is 32.0 Å². The van der Waals surface area contributed by atoms with E-state index in [1.54, 1.807) is 12.1 Å². The van der Waals surface area contributed by atoms with E-state index in [9.17, 15) is 5.11 Å². The molecule has 1 aromatic carbocycles. The molecule has 176 valence electrons. The van der Waals surface area contributed by atoms with Gasteiger partial charge in [-0.25, -0.2) is 24.3 Å². The zero-order chi connectivity index (χ0) is 23.8. The number of hydrogen-bond acceptors (Lipinski definition) is 8. The van der Waals surface area contributed by atoms with Crippen molar-refractivity contribution in [3.8, 4) is 5.75 Å². The van der Waals surface area contributed by atoms with Gasteiger partial charge in [0.05, 0.1) is 15.9 Å². The number of aliphatic hydroxyl groups is 1. The van der Waals surface area contributed by atoms with Gasteiger partial charge in [0.15, 0.2) is 18.2 Å². The molecule has 9 nitrogen and oxygen atoms in total. The van der Waals surface area contributed by atoms with Crippen LogP contribution in [0.5, 0.6) is 5.75 Å². The van der Waals surface area contributed by atoms with Crippen molar-refractivity contribution in [2.24, 2.45) is 4.99 Å². The Hall–Kier alpha value is -3.34. The minimum absolute atomic E-state index is 0.0577. The van der Waals surface area contributed by atoms with Gasteiger partial charge in [0.2, 0.25) is 0 Å². The second-order valence-corrected chi connectivity index (χ2v) is 8.24. The van der Waals surface area contributed by atoms with Crippen molar-refractivity contribution in [2.45, 2.75) is 31.5 Å². The standard InChI is InChI=1S/C23H22ClFN6O3/c1-3-27-17-7-5-12-4-6-13(8-15(12)30-17)33-10-16-20(32)19(25)23(34-16)31-9-14(24)18-21(26-2)28-11-29-22(18)31/h4-9,11,16,19-20,23,32H,2-3,10H2,1H3,(H,27,30)/t16-,19+,20-,23-/m1/s1. The summed E-state index contributed by atoms with van der Waals surface area (Å²) in [4.78, 5) is 16.6. The van der Waals surface area contributed by atoms with Crippen LogP contribution in [0.25, 0.3) is 21.9 Å². The van der Waals surface area contributed by atoms with Crippen molar-refractivity contribution in [3.05, 3.63) is 47.9 Å². The normalized spacial score (nSPS) is 22.4. The number of rotatable bonds is 7. The number of alkyl halides is 1. The molecule has 34 heavy (non-hydrogen) atoms. The molecule has 1 aliphatic rings. The Morgan fingerprint density at radius 1 is 1.32 bits per heavy atom. The topological polar surface area (TPSA) is 107 Å². The number of fused-ring (bicyclic) bond motifs is 2. The molecule has 0 unspecified atom stereocenters. The first-order valence-corrected chi connectivity index (χ1v) is 11.1. The summed E-state index contributed by atoms with van der Waals surface area (Å²) in [5.74, 6) is 1.58. The number of hydrogen-bond donors (Lipinski definition) is 2. The molecule has 4 atom stereocenters. The van der Waals surface area contributed by atoms with Gasteiger partial charge in [-0.05, 0) is 37.9 Å². The maximum Gasteiger partial charge on any atom is 0.173 e. The van der Waals surface area contributed by atoms with Crippen LogP contribution in [0, 0.1) is 0 Å². The van der Waals surface area contributed by atoms with E-state index in [0.29, 0.717) is 16.8 Å². The summed E-state index contributed by atoms with van der Waals surface area (Å²) in [6.07, 6.45) is -2.41. The van der Waals surface area contributed by atoms with Gasteiger partial charge in [0, 0.05) is 24.2 Å². The highest BCUT2D eigenvalue weighted by molar-refractivity contribution is 6.36. The Balaban J connectivity index is 1.35. The second-order valence-electron chi connectivity index (χ2n) is 7.83. The quantitative estimate of drug-likeness (QED) is 0.381. The number of anilines is 1. The first-order valence-electron chi connectivity index (χ1n) is 10.7. The molecule has 3 aromatic heterocycles. The van der Waals surface area contributed by atoms with E-state index in [1.807, 2.05) is 25.1 Å². The lowest BCUT2D eigenvalue weighted by atomic mass is 10.1. The first-order chi connectivity index (χ1) is 16.5. The van der Waals surface area contributed by atoms with Crippen LogP contribution < -0.4 is 10.1 Å². The molecular formula is C23H22ClFN6O3. The fraction of sp³-hybridized carbons (Fsp3) is 0.304. The summed E-state index contributed by atoms with van der Waals surface area (Å²) in [5, 5.41) is 15.4. The Morgan fingerprint density at radius 2 is 2.15 bits per heavy atom. The zero-order valence-electron chi connectivity index (χ0n) is 18.2. The van der Waals surface area contributed by atoms with Crippen molar-refractivity contribution in [1.29, 1.82) is 0 Å². The largest absolute Gasteiger partial charge is 0.491 e. The Kier molecular flexibility index (Phi) is 6.03. The SMILES string of the molecule is C=Nc1ncnc2c1c(Cl)cn2[C@@H]1O[C@H](COc2ccc3ccc(NCC)nc3c2)[C@@H](O)[C@@H]1F. The van der Waals surface area contributed by atoms with Crippen LogP contribution in [0.2, 0.25) is 5.02 Å². The van der Waals surface area contributed by atoms with E-state index >= 15 is 4.39 Å². The van der Waals surface area contributed by atoms with Crippen molar-refractivity contribution in [2.75, 3.05) is 18.5 Å². The van der Waals surface area contributed by atoms with Crippen LogP contribution >= 0.6 is 11.6 Å². The highest BCUT2D eigenvalue weighted by Gasteiger charge is 2.46. The first kappa shape index (κ1) is 22.5. The maximum atomic E-state index is 15.1. The Morgan fingerprint density at radius 3 is 2.94 bits per heavy atom. The smallest absolute Gasteiger partial charge is 0.173 e. The van der Waals surface area contributed by atoms with Crippen LogP contribution in [0.4, 0.5) is 16.0 Å². The fourth-order valence-corrected chi connectivity index (χ4v) is 4.32. The molecule has 0 radical (unpaired) electrons. The van der Waals surface area contributed by atoms with Crippen LogP contribution in [0.3, 0.4) is 0 Å². The van der Waals surface area contributed by atoms with Gasteiger partial charge in [-0.15, -0.1) is 0 Å². The van der Waals surface area contributed by atoms with Gasteiger partial charge in [-0.2, -0.15) is 0 Å². The van der Waals surface area contributed by atoms with Crippen molar-refractivity contribution >= 4 is 51.9 Å². The van der Waals surface area contributed by atoms with E-state index < -0.39 is 24.6 Å². The average molecular weight is 485 g/mol. The molecule has 0 bridgehead atoms. The summed E-state index contributed by atoms with van der Waals surface area (Å²) in [6.45, 7) is 6.18. The molecule has 2 N–H and O–H groups in total. The van der Waals surface area contributed by atoms with Gasteiger partial charge in [-0.3, -0.25) is 0 Å². The second kappa shape index (κ2) is 9.13. The van der Waals surface area contributed by atoms with Gasteiger partial charge in [0.1, 0.15) is 42.4 Å². The van der Waals surface area contributed by atoms with Crippen molar-refractivity contribution in [3.63, 3.8) is 0 Å². The molecule has 1 fully saturated rings. The number of aliphatic hydroxyl groups excluding tert-OH is 1. The predicted octanol–water partition coefficient (Wildman–Crippen LogP) is 4.07. The summed E-state index contributed by atoms with van der Waals surface area (Å²) in [7, 11) is 0. The Labute approximate surface area is 199 Å². The number of benzene rings is 1.